The highest BCUT2D eigenvalue weighted by atomic mass is 16.6. The SMILES string of the molecule is O=C(CCNC(=O)c1ccccc1)OC12CC3C[C@H](C1)C(OC(=O)c1ccccc1)[C@@H](C3)C2. The number of benzene rings is 2. The molecule has 1 amide bonds. The predicted molar refractivity (Wildman–Crippen MR) is 121 cm³/mol. The van der Waals surface area contributed by atoms with Crippen LogP contribution in [0.25, 0.3) is 0 Å². The van der Waals surface area contributed by atoms with Crippen LogP contribution in [-0.4, -0.2) is 36.1 Å². The zero-order valence-corrected chi connectivity index (χ0v) is 18.6. The lowest BCUT2D eigenvalue weighted by molar-refractivity contribution is -0.206. The van der Waals surface area contributed by atoms with E-state index in [0.29, 0.717) is 17.0 Å². The van der Waals surface area contributed by atoms with Gasteiger partial charge in [-0.2, -0.15) is 0 Å². The zero-order valence-electron chi connectivity index (χ0n) is 18.6. The molecule has 3 unspecified atom stereocenters. The van der Waals surface area contributed by atoms with Gasteiger partial charge < -0.3 is 14.8 Å². The van der Waals surface area contributed by atoms with E-state index >= 15 is 0 Å². The van der Waals surface area contributed by atoms with Crippen molar-refractivity contribution in [2.45, 2.75) is 50.2 Å². The molecule has 172 valence electrons. The quantitative estimate of drug-likeness (QED) is 0.645. The van der Waals surface area contributed by atoms with Crippen molar-refractivity contribution in [3.63, 3.8) is 0 Å². The highest BCUT2D eigenvalue weighted by Gasteiger charge is 2.58. The van der Waals surface area contributed by atoms with Gasteiger partial charge in [-0.1, -0.05) is 36.4 Å². The summed E-state index contributed by atoms with van der Waals surface area (Å²) in [7, 11) is 0. The number of hydrogen-bond donors (Lipinski definition) is 1. The summed E-state index contributed by atoms with van der Waals surface area (Å²) in [5.74, 6) is 0.237. The van der Waals surface area contributed by atoms with E-state index in [-0.39, 0.29) is 48.8 Å². The molecular weight excluding hydrogens is 418 g/mol. The van der Waals surface area contributed by atoms with E-state index in [2.05, 4.69) is 5.32 Å². The minimum absolute atomic E-state index is 0.105. The molecule has 0 radical (unpaired) electrons. The molecule has 4 bridgehead atoms. The van der Waals surface area contributed by atoms with Crippen molar-refractivity contribution in [2.75, 3.05) is 6.54 Å². The number of rotatable bonds is 7. The molecule has 0 heterocycles. The number of nitrogens with one attached hydrogen (secondary N) is 1. The number of amides is 1. The number of ether oxygens (including phenoxy) is 2. The van der Waals surface area contributed by atoms with Crippen molar-refractivity contribution in [3.05, 3.63) is 71.8 Å². The molecule has 5 atom stereocenters. The number of hydrogen-bond acceptors (Lipinski definition) is 5. The van der Waals surface area contributed by atoms with Crippen molar-refractivity contribution in [1.29, 1.82) is 0 Å². The lowest BCUT2D eigenvalue weighted by Gasteiger charge is -2.58. The van der Waals surface area contributed by atoms with E-state index in [1.807, 2.05) is 24.3 Å². The minimum atomic E-state index is -0.452. The summed E-state index contributed by atoms with van der Waals surface area (Å²) in [5.41, 5.74) is 0.695. The molecule has 2 aromatic rings. The van der Waals surface area contributed by atoms with Crippen molar-refractivity contribution >= 4 is 17.8 Å². The van der Waals surface area contributed by atoms with Crippen LogP contribution in [0.2, 0.25) is 0 Å². The minimum Gasteiger partial charge on any atom is -0.459 e. The fraction of sp³-hybridized carbons (Fsp3) is 0.444. The van der Waals surface area contributed by atoms with Crippen molar-refractivity contribution in [3.8, 4) is 0 Å². The van der Waals surface area contributed by atoms with Crippen LogP contribution in [0.4, 0.5) is 0 Å². The van der Waals surface area contributed by atoms with Gasteiger partial charge in [0.25, 0.3) is 5.91 Å². The lowest BCUT2D eigenvalue weighted by atomic mass is 9.53. The molecule has 33 heavy (non-hydrogen) atoms. The zero-order chi connectivity index (χ0) is 22.8. The summed E-state index contributed by atoms with van der Waals surface area (Å²) in [6.07, 6.45) is 4.47. The van der Waals surface area contributed by atoms with Crippen LogP contribution < -0.4 is 5.32 Å². The highest BCUT2D eigenvalue weighted by molar-refractivity contribution is 5.94. The van der Waals surface area contributed by atoms with E-state index in [1.165, 1.54) is 0 Å². The van der Waals surface area contributed by atoms with Crippen LogP contribution >= 0.6 is 0 Å². The van der Waals surface area contributed by atoms with Gasteiger partial charge in [-0.3, -0.25) is 9.59 Å². The van der Waals surface area contributed by atoms with Gasteiger partial charge in [0, 0.05) is 23.9 Å². The Bertz CT molecular complexity index is 1010. The van der Waals surface area contributed by atoms with Gasteiger partial charge in [-0.05, 0) is 62.3 Å². The highest BCUT2D eigenvalue weighted by Crippen LogP contribution is 2.58. The second-order valence-corrected chi connectivity index (χ2v) is 9.73. The Hall–Kier alpha value is -3.15. The van der Waals surface area contributed by atoms with E-state index in [4.69, 9.17) is 9.47 Å². The Morgan fingerprint density at radius 3 is 2.09 bits per heavy atom. The Morgan fingerprint density at radius 2 is 1.45 bits per heavy atom. The first-order valence-corrected chi connectivity index (χ1v) is 11.8. The average molecular weight is 448 g/mol. The number of carbonyl (C=O) groups excluding carboxylic acids is 3. The third-order valence-electron chi connectivity index (χ3n) is 7.36. The fourth-order valence-electron chi connectivity index (χ4n) is 6.25. The standard InChI is InChI=1S/C27H29NO5/c29-23(11-12-28-25(30)19-7-3-1-4-8-19)33-27-15-18-13-21(16-27)24(22(14-18)17-27)32-26(31)20-9-5-2-6-10-20/h1-10,18,21-22,24H,11-17H2,(H,28,30)/t18?,21-,22+,24?,27?. The second kappa shape index (κ2) is 9.00. The molecule has 6 nitrogen and oxygen atoms in total. The molecule has 6 heteroatoms. The third kappa shape index (κ3) is 4.65. The largest absolute Gasteiger partial charge is 0.459 e. The lowest BCUT2D eigenvalue weighted by Crippen LogP contribution is -2.59. The Morgan fingerprint density at radius 1 is 0.848 bits per heavy atom. The number of esters is 2. The first-order valence-electron chi connectivity index (χ1n) is 11.8. The summed E-state index contributed by atoms with van der Waals surface area (Å²) >= 11 is 0. The van der Waals surface area contributed by atoms with Crippen LogP contribution in [0.5, 0.6) is 0 Å². The first kappa shape index (κ1) is 21.7. The van der Waals surface area contributed by atoms with Gasteiger partial charge >= 0.3 is 11.9 Å². The van der Waals surface area contributed by atoms with Crippen LogP contribution in [0, 0.1) is 17.8 Å². The van der Waals surface area contributed by atoms with Crippen LogP contribution in [0.3, 0.4) is 0 Å². The monoisotopic (exact) mass is 447 g/mol. The van der Waals surface area contributed by atoms with Crippen molar-refractivity contribution < 1.29 is 23.9 Å². The molecule has 0 aromatic heterocycles. The molecule has 0 aliphatic heterocycles. The van der Waals surface area contributed by atoms with E-state index in [9.17, 15) is 14.4 Å². The maximum absolute atomic E-state index is 12.6. The summed E-state index contributed by atoms with van der Waals surface area (Å²) in [4.78, 5) is 37.4. The summed E-state index contributed by atoms with van der Waals surface area (Å²) in [6, 6.07) is 18.1. The Balaban J connectivity index is 1.15. The molecule has 0 spiro atoms. The molecule has 4 fully saturated rings. The summed E-state index contributed by atoms with van der Waals surface area (Å²) in [5, 5.41) is 2.78. The van der Waals surface area contributed by atoms with Gasteiger partial charge in [-0.15, -0.1) is 0 Å². The van der Waals surface area contributed by atoms with Crippen LogP contribution in [0.15, 0.2) is 60.7 Å². The molecule has 1 N–H and O–H groups in total. The predicted octanol–water partition coefficient (Wildman–Crippen LogP) is 4.15. The molecule has 2 aromatic carbocycles. The smallest absolute Gasteiger partial charge is 0.338 e. The third-order valence-corrected chi connectivity index (χ3v) is 7.36. The van der Waals surface area contributed by atoms with Crippen LogP contribution in [0.1, 0.15) is 59.2 Å². The van der Waals surface area contributed by atoms with Gasteiger partial charge in [0.2, 0.25) is 0 Å². The van der Waals surface area contributed by atoms with Gasteiger partial charge in [0.1, 0.15) is 11.7 Å². The van der Waals surface area contributed by atoms with E-state index in [0.717, 1.165) is 32.1 Å². The Labute approximate surface area is 193 Å². The maximum atomic E-state index is 12.6. The van der Waals surface area contributed by atoms with E-state index in [1.54, 1.807) is 36.4 Å². The van der Waals surface area contributed by atoms with Gasteiger partial charge in [0.15, 0.2) is 0 Å². The Kier molecular flexibility index (Phi) is 5.92. The van der Waals surface area contributed by atoms with Gasteiger partial charge in [0.05, 0.1) is 12.0 Å². The molecule has 0 saturated heterocycles. The molecule has 6 rings (SSSR count). The normalized spacial score (nSPS) is 29.3. The molecule has 4 aliphatic rings. The topological polar surface area (TPSA) is 81.7 Å². The van der Waals surface area contributed by atoms with Crippen LogP contribution in [-0.2, 0) is 14.3 Å². The maximum Gasteiger partial charge on any atom is 0.338 e. The van der Waals surface area contributed by atoms with E-state index < -0.39 is 5.60 Å². The molecular formula is C27H29NO5. The van der Waals surface area contributed by atoms with Crippen molar-refractivity contribution in [1.82, 2.24) is 5.32 Å². The first-order chi connectivity index (χ1) is 16.0. The molecule has 4 aliphatic carbocycles. The average Bonchev–Trinajstić information content (AvgIpc) is 2.81. The van der Waals surface area contributed by atoms with Gasteiger partial charge in [-0.25, -0.2) is 4.79 Å². The summed E-state index contributed by atoms with van der Waals surface area (Å²) < 4.78 is 12.0. The van der Waals surface area contributed by atoms with Crippen molar-refractivity contribution in [2.24, 2.45) is 17.8 Å². The second-order valence-electron chi connectivity index (χ2n) is 9.73. The fourth-order valence-corrected chi connectivity index (χ4v) is 6.25. The molecule has 4 saturated carbocycles. The number of carbonyl (C=O) groups is 3. The summed E-state index contributed by atoms with van der Waals surface area (Å²) in [6.45, 7) is 0.246.